The number of benzene rings is 4. The quantitative estimate of drug-likeness (QED) is 0.269. The van der Waals surface area contributed by atoms with E-state index in [1.54, 1.807) is 30.3 Å². The van der Waals surface area contributed by atoms with E-state index in [1.165, 1.54) is 34.7 Å². The molecule has 0 unspecified atom stereocenters. The van der Waals surface area contributed by atoms with Crippen molar-refractivity contribution in [1.29, 1.82) is 0 Å². The van der Waals surface area contributed by atoms with Gasteiger partial charge in [0.15, 0.2) is 0 Å². The fraction of sp³-hybridized carbons (Fsp3) is 0.194. The van der Waals surface area contributed by atoms with Crippen LogP contribution in [-0.4, -0.2) is 56.8 Å². The molecule has 1 fully saturated rings. The van der Waals surface area contributed by atoms with Gasteiger partial charge in [-0.15, -0.1) is 0 Å². The first kappa shape index (κ1) is 28.0. The molecule has 9 heteroatoms. The van der Waals surface area contributed by atoms with Crippen molar-refractivity contribution in [3.8, 4) is 5.75 Å². The van der Waals surface area contributed by atoms with Gasteiger partial charge in [-0.2, -0.15) is 4.31 Å². The summed E-state index contributed by atoms with van der Waals surface area (Å²) >= 11 is 3.37. The highest BCUT2D eigenvalue weighted by molar-refractivity contribution is 9.10. The maximum atomic E-state index is 13.5. The van der Waals surface area contributed by atoms with Crippen LogP contribution in [-0.2, 0) is 10.0 Å². The van der Waals surface area contributed by atoms with Crippen LogP contribution in [0.1, 0.15) is 27.5 Å². The van der Waals surface area contributed by atoms with Crippen LogP contribution in [0.15, 0.2) is 112 Å². The number of ether oxygens (including phenoxy) is 1. The van der Waals surface area contributed by atoms with Crippen LogP contribution in [0.5, 0.6) is 5.75 Å². The average molecular weight is 621 g/mol. The topological polar surface area (TPSA) is 78.9 Å². The van der Waals surface area contributed by atoms with E-state index < -0.39 is 10.0 Å². The van der Waals surface area contributed by atoms with E-state index in [0.717, 1.165) is 4.47 Å². The summed E-state index contributed by atoms with van der Waals surface area (Å²) < 4.78 is 34.5. The van der Waals surface area contributed by atoms with Gasteiger partial charge in [-0.25, -0.2) is 8.42 Å². The van der Waals surface area contributed by atoms with Gasteiger partial charge in [0.1, 0.15) is 5.75 Å². The summed E-state index contributed by atoms with van der Waals surface area (Å²) in [6, 6.07) is 32.1. The van der Waals surface area contributed by atoms with E-state index in [0.29, 0.717) is 43.2 Å². The van der Waals surface area contributed by atoms with Crippen molar-refractivity contribution in [3.63, 3.8) is 0 Å². The third-order valence-electron chi connectivity index (χ3n) is 7.03. The lowest BCUT2D eigenvalue weighted by Crippen LogP contribution is -2.49. The number of sulfonamides is 1. The molecule has 0 radical (unpaired) electrons. The van der Waals surface area contributed by atoms with Gasteiger partial charge in [0.2, 0.25) is 10.0 Å². The van der Waals surface area contributed by atoms with Crippen LogP contribution in [0.25, 0.3) is 0 Å². The molecule has 4 aromatic carbocycles. The number of nitrogens with zero attached hydrogens (tertiary/aromatic N) is 2. The molecule has 40 heavy (non-hydrogen) atoms. The Morgan fingerprint density at radius 1 is 0.825 bits per heavy atom. The lowest BCUT2D eigenvalue weighted by atomic mass is 9.96. The Labute approximate surface area is 243 Å². The van der Waals surface area contributed by atoms with Crippen molar-refractivity contribution >= 4 is 37.5 Å². The van der Waals surface area contributed by atoms with E-state index in [4.69, 9.17) is 4.74 Å². The molecule has 4 aromatic rings. The number of methoxy groups -OCH3 is 1. The van der Waals surface area contributed by atoms with E-state index in [-0.39, 0.29) is 16.8 Å². The molecule has 0 spiro atoms. The standard InChI is InChI=1S/C31H30BrN3O4S/c1-39-29-17-12-25(32)22-28(29)31(36)33-26-13-15-27(16-14-26)40(37,38)35-20-18-34(19-21-35)30(23-8-4-2-5-9-23)24-10-6-3-7-11-24/h2-17,22,30H,18-21H2,1H3,(H,33,36). The van der Waals surface area contributed by atoms with Gasteiger partial charge in [-0.3, -0.25) is 9.69 Å². The summed E-state index contributed by atoms with van der Waals surface area (Å²) in [6.07, 6.45) is 0. The summed E-state index contributed by atoms with van der Waals surface area (Å²) in [4.78, 5) is 15.4. The van der Waals surface area contributed by atoms with Crippen LogP contribution < -0.4 is 10.1 Å². The van der Waals surface area contributed by atoms with Gasteiger partial charge >= 0.3 is 0 Å². The first-order valence-corrected chi connectivity index (χ1v) is 15.2. The molecule has 5 rings (SSSR count). The van der Waals surface area contributed by atoms with Crippen LogP contribution in [0, 0.1) is 0 Å². The second kappa shape index (κ2) is 12.3. The molecular weight excluding hydrogens is 590 g/mol. The number of halogens is 1. The van der Waals surface area contributed by atoms with E-state index in [2.05, 4.69) is 50.4 Å². The van der Waals surface area contributed by atoms with Gasteiger partial charge in [-0.05, 0) is 53.6 Å². The first-order valence-electron chi connectivity index (χ1n) is 13.0. The van der Waals surface area contributed by atoms with Crippen molar-refractivity contribution in [3.05, 3.63) is 124 Å². The lowest BCUT2D eigenvalue weighted by Gasteiger charge is -2.39. The number of anilines is 1. The van der Waals surface area contributed by atoms with Gasteiger partial charge in [-0.1, -0.05) is 76.6 Å². The number of nitrogens with one attached hydrogen (secondary N) is 1. The highest BCUT2D eigenvalue weighted by Gasteiger charge is 2.32. The normalized spacial score (nSPS) is 14.7. The largest absolute Gasteiger partial charge is 0.496 e. The predicted molar refractivity (Wildman–Crippen MR) is 160 cm³/mol. The molecule has 1 amide bonds. The number of carbonyl (C=O) groups excluding carboxylic acids is 1. The van der Waals surface area contributed by atoms with Crippen LogP contribution >= 0.6 is 15.9 Å². The summed E-state index contributed by atoms with van der Waals surface area (Å²) in [6.45, 7) is 1.99. The molecule has 7 nitrogen and oxygen atoms in total. The van der Waals surface area contributed by atoms with Crippen molar-refractivity contribution in [2.45, 2.75) is 10.9 Å². The smallest absolute Gasteiger partial charge is 0.259 e. The van der Waals surface area contributed by atoms with Crippen molar-refractivity contribution in [1.82, 2.24) is 9.21 Å². The molecule has 0 bridgehead atoms. The molecule has 206 valence electrons. The number of carbonyl (C=O) groups is 1. The third kappa shape index (κ3) is 6.13. The van der Waals surface area contributed by atoms with Gasteiger partial charge in [0.25, 0.3) is 5.91 Å². The highest BCUT2D eigenvalue weighted by atomic mass is 79.9. The Bertz CT molecular complexity index is 1520. The maximum absolute atomic E-state index is 13.5. The summed E-state index contributed by atoms with van der Waals surface area (Å²) in [5.41, 5.74) is 3.23. The molecule has 1 N–H and O–H groups in total. The Morgan fingerprint density at radius 3 is 1.95 bits per heavy atom. The maximum Gasteiger partial charge on any atom is 0.259 e. The molecule has 0 saturated carbocycles. The SMILES string of the molecule is COc1ccc(Br)cc1C(=O)Nc1ccc(S(=O)(=O)N2CCN(C(c3ccccc3)c3ccccc3)CC2)cc1. The Kier molecular flexibility index (Phi) is 8.66. The minimum Gasteiger partial charge on any atom is -0.496 e. The Morgan fingerprint density at radius 2 is 1.40 bits per heavy atom. The summed E-state index contributed by atoms with van der Waals surface area (Å²) in [5, 5.41) is 2.81. The number of rotatable bonds is 8. The highest BCUT2D eigenvalue weighted by Crippen LogP contribution is 2.31. The fourth-order valence-electron chi connectivity index (χ4n) is 5.00. The predicted octanol–water partition coefficient (Wildman–Crippen LogP) is 5.81. The zero-order chi connectivity index (χ0) is 28.1. The fourth-order valence-corrected chi connectivity index (χ4v) is 6.79. The van der Waals surface area contributed by atoms with Crippen molar-refractivity contribution in [2.24, 2.45) is 0 Å². The molecular formula is C31H30BrN3O4S. The summed E-state index contributed by atoms with van der Waals surface area (Å²) in [5.74, 6) is 0.0945. The van der Waals surface area contributed by atoms with Crippen LogP contribution in [0.3, 0.4) is 0 Å². The molecule has 1 heterocycles. The Hall–Kier alpha value is -3.50. The Balaban J connectivity index is 1.27. The van der Waals surface area contributed by atoms with Crippen molar-refractivity contribution in [2.75, 3.05) is 38.6 Å². The molecule has 1 aliphatic heterocycles. The number of hydrogen-bond donors (Lipinski definition) is 1. The van der Waals surface area contributed by atoms with E-state index in [9.17, 15) is 13.2 Å². The first-order chi connectivity index (χ1) is 19.4. The molecule has 1 saturated heterocycles. The average Bonchev–Trinajstić information content (AvgIpc) is 2.99. The lowest BCUT2D eigenvalue weighted by molar-refractivity contribution is 0.102. The van der Waals surface area contributed by atoms with Gasteiger partial charge in [0.05, 0.1) is 23.6 Å². The number of amides is 1. The van der Waals surface area contributed by atoms with Crippen LogP contribution in [0.4, 0.5) is 5.69 Å². The molecule has 1 aliphatic rings. The van der Waals surface area contributed by atoms with Crippen LogP contribution in [0.2, 0.25) is 0 Å². The second-order valence-electron chi connectivity index (χ2n) is 9.49. The monoisotopic (exact) mass is 619 g/mol. The minimum absolute atomic E-state index is 0.0546. The van der Waals surface area contributed by atoms with Crippen molar-refractivity contribution < 1.29 is 17.9 Å². The zero-order valence-electron chi connectivity index (χ0n) is 22.0. The molecule has 0 aliphatic carbocycles. The minimum atomic E-state index is -3.69. The van der Waals surface area contributed by atoms with Gasteiger partial charge < -0.3 is 10.1 Å². The second-order valence-corrected chi connectivity index (χ2v) is 12.3. The number of hydrogen-bond acceptors (Lipinski definition) is 5. The molecule has 0 atom stereocenters. The third-order valence-corrected chi connectivity index (χ3v) is 9.43. The summed E-state index contributed by atoms with van der Waals surface area (Å²) in [7, 11) is -2.18. The number of piperazine rings is 1. The zero-order valence-corrected chi connectivity index (χ0v) is 24.4. The van der Waals surface area contributed by atoms with Gasteiger partial charge in [0, 0.05) is 36.3 Å². The van der Waals surface area contributed by atoms with E-state index in [1.807, 2.05) is 36.4 Å². The van der Waals surface area contributed by atoms with E-state index >= 15 is 0 Å². The molecule has 0 aromatic heterocycles.